The van der Waals surface area contributed by atoms with Gasteiger partial charge < -0.3 is 5.11 Å². The fourth-order valence-electron chi connectivity index (χ4n) is 7.14. The van der Waals surface area contributed by atoms with Gasteiger partial charge in [-0.1, -0.05) is 193 Å². The second kappa shape index (κ2) is 31.2. The predicted molar refractivity (Wildman–Crippen MR) is 229 cm³/mol. The molecule has 54 heavy (non-hydrogen) atoms. The molecule has 1 N–H and O–H groups in total. The van der Waals surface area contributed by atoms with Crippen molar-refractivity contribution in [1.29, 1.82) is 0 Å². The molecule has 0 spiro atoms. The van der Waals surface area contributed by atoms with Crippen molar-refractivity contribution in [3.05, 3.63) is 59.4 Å². The molecule has 0 bridgehead atoms. The van der Waals surface area contributed by atoms with Crippen molar-refractivity contribution < 1.29 is 22.7 Å². The van der Waals surface area contributed by atoms with Gasteiger partial charge in [0.15, 0.2) is 0 Å². The smallest absolute Gasteiger partial charge is 0.335 e. The summed E-state index contributed by atoms with van der Waals surface area (Å²) in [5, 5.41) is 9.88. The first-order valence-electron chi connectivity index (χ1n) is 22.0. The van der Waals surface area contributed by atoms with Crippen LogP contribution in [0.4, 0.5) is 4.39 Å². The number of unbranched alkanes of at least 4 members (excludes halogenated alkanes) is 26. The van der Waals surface area contributed by atoms with Crippen LogP contribution in [0.15, 0.2) is 52.3 Å². The zero-order chi connectivity index (χ0) is 39.1. The highest BCUT2D eigenvalue weighted by molar-refractivity contribution is 7.98. The van der Waals surface area contributed by atoms with Crippen molar-refractivity contribution >= 4 is 27.8 Å². The molecule has 0 aliphatic rings. The van der Waals surface area contributed by atoms with E-state index in [2.05, 4.69) is 13.8 Å². The van der Waals surface area contributed by atoms with Gasteiger partial charge in [0, 0.05) is 23.7 Å². The molecule has 0 fully saturated rings. The van der Waals surface area contributed by atoms with Crippen molar-refractivity contribution in [1.82, 2.24) is 4.31 Å². The maximum Gasteiger partial charge on any atom is 0.335 e. The molecule has 0 aliphatic heterocycles. The molecule has 2 aromatic rings. The summed E-state index contributed by atoms with van der Waals surface area (Å²) in [5.41, 5.74) is 0.842. The highest BCUT2D eigenvalue weighted by Gasteiger charge is 2.26. The Morgan fingerprint density at radius 2 is 0.944 bits per heavy atom. The minimum absolute atomic E-state index is 0.0365. The summed E-state index contributed by atoms with van der Waals surface area (Å²) >= 11 is 1.36. The molecular weight excluding hydrogens is 714 g/mol. The number of hydrogen-bond donors (Lipinski definition) is 1. The number of sulfonamides is 1. The Bertz CT molecular complexity index is 1300. The summed E-state index contributed by atoms with van der Waals surface area (Å²) in [6, 6.07) is 10.6. The SMILES string of the molecule is CCCCCCCCCCCCCCCCN(CCCCCCCCCCCCCCCC)S(=O)(=O)c1cc(SCc2ccc(F)cc2)cc(C(=O)O)c1. The number of benzene rings is 2. The largest absolute Gasteiger partial charge is 0.478 e. The number of aromatic carboxylic acids is 1. The van der Waals surface area contributed by atoms with Gasteiger partial charge in [-0.25, -0.2) is 17.6 Å². The molecule has 0 aromatic heterocycles. The highest BCUT2D eigenvalue weighted by Crippen LogP contribution is 2.29. The highest BCUT2D eigenvalue weighted by atomic mass is 32.2. The van der Waals surface area contributed by atoms with Gasteiger partial charge in [-0.05, 0) is 48.7 Å². The van der Waals surface area contributed by atoms with Crippen molar-refractivity contribution in [3.63, 3.8) is 0 Å². The standard InChI is InChI=1S/C46H76FNO4S2/c1-3-5-7-9-11-13-15-17-19-21-23-25-27-29-35-48(36-30-28-26-24-22-20-18-16-14-12-10-8-6-4-2)54(51,52)45-38-42(46(49)50)37-44(39-45)53-40-41-31-33-43(47)34-32-41/h31-34,37-39H,3-30,35-36,40H2,1-2H3,(H,49,50). The molecule has 0 saturated carbocycles. The van der Waals surface area contributed by atoms with E-state index in [4.69, 9.17) is 0 Å². The first-order chi connectivity index (χ1) is 26.3. The predicted octanol–water partition coefficient (Wildman–Crippen LogP) is 14.8. The van der Waals surface area contributed by atoms with E-state index in [0.717, 1.165) is 44.1 Å². The number of halogens is 1. The lowest BCUT2D eigenvalue weighted by molar-refractivity contribution is 0.0696. The minimum Gasteiger partial charge on any atom is -0.478 e. The van der Waals surface area contributed by atoms with Gasteiger partial charge >= 0.3 is 5.97 Å². The van der Waals surface area contributed by atoms with Crippen LogP contribution >= 0.6 is 11.8 Å². The number of thioether (sulfide) groups is 1. The number of nitrogens with zero attached hydrogens (tertiary/aromatic N) is 1. The second-order valence-corrected chi connectivity index (χ2v) is 18.5. The fraction of sp³-hybridized carbons (Fsp3) is 0.717. The van der Waals surface area contributed by atoms with E-state index in [1.54, 1.807) is 22.5 Å². The molecule has 2 rings (SSSR count). The quantitative estimate of drug-likeness (QED) is 0.0550. The summed E-state index contributed by atoms with van der Waals surface area (Å²) in [7, 11) is -3.90. The maximum absolute atomic E-state index is 14.2. The number of rotatable bonds is 36. The van der Waals surface area contributed by atoms with E-state index in [1.165, 1.54) is 177 Å². The van der Waals surface area contributed by atoms with Crippen molar-refractivity contribution in [2.24, 2.45) is 0 Å². The first kappa shape index (κ1) is 48.2. The molecule has 0 atom stereocenters. The Labute approximate surface area is 335 Å². The fourth-order valence-corrected chi connectivity index (χ4v) is 9.75. The second-order valence-electron chi connectivity index (χ2n) is 15.5. The number of carbonyl (C=O) groups is 1. The third kappa shape index (κ3) is 22.6. The van der Waals surface area contributed by atoms with E-state index in [1.807, 2.05) is 0 Å². The van der Waals surface area contributed by atoms with E-state index in [9.17, 15) is 22.7 Å². The first-order valence-corrected chi connectivity index (χ1v) is 24.5. The van der Waals surface area contributed by atoms with E-state index in [-0.39, 0.29) is 16.3 Å². The average molecular weight is 790 g/mol. The average Bonchev–Trinajstić information content (AvgIpc) is 3.16. The van der Waals surface area contributed by atoms with Crippen LogP contribution in [0.3, 0.4) is 0 Å². The van der Waals surface area contributed by atoms with Crippen LogP contribution < -0.4 is 0 Å². The summed E-state index contributed by atoms with van der Waals surface area (Å²) in [6.07, 6.45) is 34.9. The third-order valence-electron chi connectivity index (χ3n) is 10.6. The zero-order valence-corrected chi connectivity index (χ0v) is 35.9. The number of hydrogen-bond acceptors (Lipinski definition) is 4. The van der Waals surface area contributed by atoms with Gasteiger partial charge in [-0.15, -0.1) is 11.8 Å². The number of carboxylic acid groups (broad SMARTS) is 1. The molecule has 0 amide bonds. The maximum atomic E-state index is 14.2. The Morgan fingerprint density at radius 3 is 1.31 bits per heavy atom. The van der Waals surface area contributed by atoms with Crippen LogP contribution in [0, 0.1) is 5.82 Å². The monoisotopic (exact) mass is 790 g/mol. The van der Waals surface area contributed by atoms with Crippen LogP contribution in [-0.2, 0) is 15.8 Å². The van der Waals surface area contributed by atoms with Crippen molar-refractivity contribution in [3.8, 4) is 0 Å². The van der Waals surface area contributed by atoms with Gasteiger partial charge in [0.1, 0.15) is 5.82 Å². The van der Waals surface area contributed by atoms with Crippen molar-refractivity contribution in [2.75, 3.05) is 13.1 Å². The molecule has 2 aromatic carbocycles. The normalized spacial score (nSPS) is 11.9. The summed E-state index contributed by atoms with van der Waals surface area (Å²) in [5.74, 6) is -0.992. The third-order valence-corrected chi connectivity index (χ3v) is 13.5. The van der Waals surface area contributed by atoms with Crippen LogP contribution in [0.5, 0.6) is 0 Å². The van der Waals surface area contributed by atoms with Gasteiger partial charge in [-0.3, -0.25) is 0 Å². The molecule has 8 heteroatoms. The molecule has 0 radical (unpaired) electrons. The number of carboxylic acids is 1. The van der Waals surface area contributed by atoms with Crippen LogP contribution in [-0.4, -0.2) is 36.9 Å². The zero-order valence-electron chi connectivity index (χ0n) is 34.3. The van der Waals surface area contributed by atoms with Crippen LogP contribution in [0.2, 0.25) is 0 Å². The van der Waals surface area contributed by atoms with E-state index < -0.39 is 16.0 Å². The Balaban J connectivity index is 1.89. The summed E-state index contributed by atoms with van der Waals surface area (Å²) in [4.78, 5) is 12.7. The Morgan fingerprint density at radius 1 is 0.574 bits per heavy atom. The summed E-state index contributed by atoms with van der Waals surface area (Å²) < 4.78 is 43.4. The van der Waals surface area contributed by atoms with Crippen LogP contribution in [0.25, 0.3) is 0 Å². The lowest BCUT2D eigenvalue weighted by atomic mass is 10.0. The molecule has 0 heterocycles. The van der Waals surface area contributed by atoms with Crippen LogP contribution in [0.1, 0.15) is 210 Å². The lowest BCUT2D eigenvalue weighted by Crippen LogP contribution is -2.33. The van der Waals surface area contributed by atoms with Gasteiger partial charge in [0.05, 0.1) is 10.5 Å². The molecule has 0 aliphatic carbocycles. The lowest BCUT2D eigenvalue weighted by Gasteiger charge is -2.23. The molecule has 0 unspecified atom stereocenters. The topological polar surface area (TPSA) is 74.7 Å². The minimum atomic E-state index is -3.90. The van der Waals surface area contributed by atoms with Gasteiger partial charge in [0.25, 0.3) is 0 Å². The molecular formula is C46H76FNO4S2. The Kier molecular flexibility index (Phi) is 27.9. The molecule has 308 valence electrons. The molecule has 0 saturated heterocycles. The van der Waals surface area contributed by atoms with Gasteiger partial charge in [0.2, 0.25) is 10.0 Å². The van der Waals surface area contributed by atoms with E-state index in [0.29, 0.717) is 23.7 Å². The Hall–Kier alpha value is -1.90. The van der Waals surface area contributed by atoms with Crippen molar-refractivity contribution in [2.45, 2.75) is 209 Å². The molecule has 5 nitrogen and oxygen atoms in total. The van der Waals surface area contributed by atoms with Gasteiger partial charge in [-0.2, -0.15) is 4.31 Å². The van der Waals surface area contributed by atoms with E-state index >= 15 is 0 Å². The summed E-state index contributed by atoms with van der Waals surface area (Å²) in [6.45, 7) is 5.43.